The van der Waals surface area contributed by atoms with E-state index in [2.05, 4.69) is 17.6 Å². The molecule has 2 N–H and O–H groups in total. The molecule has 0 amide bonds. The molecule has 0 aromatic heterocycles. The highest BCUT2D eigenvalue weighted by atomic mass is 16.5. The van der Waals surface area contributed by atoms with E-state index >= 15 is 0 Å². The lowest BCUT2D eigenvalue weighted by Gasteiger charge is -2.27. The largest absolute Gasteiger partial charge is 0.381 e. The molecule has 2 aliphatic rings. The van der Waals surface area contributed by atoms with Crippen molar-refractivity contribution in [2.75, 3.05) is 39.5 Å². The molecule has 3 unspecified atom stereocenters. The molecule has 0 radical (unpaired) electrons. The van der Waals surface area contributed by atoms with Crippen molar-refractivity contribution < 1.29 is 9.47 Å². The first kappa shape index (κ1) is 11.3. The average molecular weight is 214 g/mol. The Morgan fingerprint density at radius 2 is 2.40 bits per heavy atom. The van der Waals surface area contributed by atoms with Crippen LogP contribution < -0.4 is 10.6 Å². The normalized spacial score (nSPS) is 34.2. The number of hydrogen-bond donors (Lipinski definition) is 2. The van der Waals surface area contributed by atoms with E-state index in [0.29, 0.717) is 18.1 Å². The third-order valence-electron chi connectivity index (χ3n) is 3.34. The number of ether oxygens (including phenoxy) is 2. The van der Waals surface area contributed by atoms with Crippen LogP contribution >= 0.6 is 0 Å². The van der Waals surface area contributed by atoms with E-state index in [1.807, 2.05) is 0 Å². The van der Waals surface area contributed by atoms with E-state index in [0.717, 1.165) is 39.5 Å². The van der Waals surface area contributed by atoms with Crippen molar-refractivity contribution >= 4 is 0 Å². The van der Waals surface area contributed by atoms with Crippen LogP contribution in [0.25, 0.3) is 0 Å². The predicted molar refractivity (Wildman–Crippen MR) is 59.0 cm³/mol. The maximum atomic E-state index is 5.63. The molecule has 0 spiro atoms. The second kappa shape index (κ2) is 5.80. The first-order valence-corrected chi connectivity index (χ1v) is 5.99. The third-order valence-corrected chi connectivity index (χ3v) is 3.34. The minimum absolute atomic E-state index is 0.337. The molecule has 4 heteroatoms. The summed E-state index contributed by atoms with van der Waals surface area (Å²) in [5.41, 5.74) is 0. The van der Waals surface area contributed by atoms with Gasteiger partial charge < -0.3 is 20.1 Å². The van der Waals surface area contributed by atoms with Gasteiger partial charge in [0.05, 0.1) is 19.3 Å². The van der Waals surface area contributed by atoms with Crippen molar-refractivity contribution in [2.45, 2.75) is 25.5 Å². The summed E-state index contributed by atoms with van der Waals surface area (Å²) in [7, 11) is 0. The van der Waals surface area contributed by atoms with Gasteiger partial charge in [0.15, 0.2) is 0 Å². The molecule has 2 rings (SSSR count). The summed E-state index contributed by atoms with van der Waals surface area (Å²) >= 11 is 0. The highest BCUT2D eigenvalue weighted by Crippen LogP contribution is 2.16. The fraction of sp³-hybridized carbons (Fsp3) is 1.00. The molecule has 88 valence electrons. The van der Waals surface area contributed by atoms with Gasteiger partial charge in [0, 0.05) is 32.3 Å². The number of hydrogen-bond acceptors (Lipinski definition) is 4. The molecule has 15 heavy (non-hydrogen) atoms. The van der Waals surface area contributed by atoms with Crippen LogP contribution in [0.3, 0.4) is 0 Å². The summed E-state index contributed by atoms with van der Waals surface area (Å²) < 4.78 is 11.0. The molecule has 0 aromatic carbocycles. The van der Waals surface area contributed by atoms with Gasteiger partial charge in [-0.25, -0.2) is 0 Å². The number of rotatable bonds is 4. The average Bonchev–Trinajstić information content (AvgIpc) is 2.81. The topological polar surface area (TPSA) is 42.5 Å². The Bertz CT molecular complexity index is 177. The van der Waals surface area contributed by atoms with Gasteiger partial charge in [-0.15, -0.1) is 0 Å². The van der Waals surface area contributed by atoms with E-state index in [9.17, 15) is 0 Å². The van der Waals surface area contributed by atoms with E-state index in [1.54, 1.807) is 0 Å². The highest BCUT2D eigenvalue weighted by molar-refractivity contribution is 4.78. The molecular formula is C11H22N2O2. The van der Waals surface area contributed by atoms with Crippen LogP contribution in [0.15, 0.2) is 0 Å². The van der Waals surface area contributed by atoms with Crippen molar-refractivity contribution in [1.82, 2.24) is 10.6 Å². The van der Waals surface area contributed by atoms with Crippen molar-refractivity contribution in [1.29, 1.82) is 0 Å². The zero-order valence-corrected chi connectivity index (χ0v) is 9.50. The quantitative estimate of drug-likeness (QED) is 0.691. The molecule has 2 aliphatic heterocycles. The lowest BCUT2D eigenvalue weighted by Crippen LogP contribution is -2.47. The Morgan fingerprint density at radius 3 is 3.07 bits per heavy atom. The Balaban J connectivity index is 1.63. The second-order valence-electron chi connectivity index (χ2n) is 4.52. The van der Waals surface area contributed by atoms with Crippen LogP contribution in [0, 0.1) is 5.92 Å². The maximum Gasteiger partial charge on any atom is 0.0824 e. The maximum absolute atomic E-state index is 5.63. The van der Waals surface area contributed by atoms with Crippen molar-refractivity contribution in [2.24, 2.45) is 5.92 Å². The van der Waals surface area contributed by atoms with Crippen LogP contribution in [0.1, 0.15) is 13.3 Å². The summed E-state index contributed by atoms with van der Waals surface area (Å²) in [6.07, 6.45) is 1.53. The van der Waals surface area contributed by atoms with Gasteiger partial charge in [-0.1, -0.05) is 0 Å². The molecule has 4 nitrogen and oxygen atoms in total. The van der Waals surface area contributed by atoms with Gasteiger partial charge >= 0.3 is 0 Å². The fourth-order valence-electron chi connectivity index (χ4n) is 2.18. The van der Waals surface area contributed by atoms with Crippen LogP contribution in [-0.4, -0.2) is 51.6 Å². The minimum atomic E-state index is 0.337. The molecule has 3 atom stereocenters. The summed E-state index contributed by atoms with van der Waals surface area (Å²) in [5.74, 6) is 0.682. The summed E-state index contributed by atoms with van der Waals surface area (Å²) in [5, 5.41) is 6.89. The van der Waals surface area contributed by atoms with Crippen LogP contribution in [-0.2, 0) is 9.47 Å². The molecule has 2 fully saturated rings. The molecule has 0 aliphatic carbocycles. The van der Waals surface area contributed by atoms with Crippen LogP contribution in [0.2, 0.25) is 0 Å². The molecule has 0 bridgehead atoms. The van der Waals surface area contributed by atoms with Gasteiger partial charge in [0.25, 0.3) is 0 Å². The molecule has 2 heterocycles. The monoisotopic (exact) mass is 214 g/mol. The zero-order valence-electron chi connectivity index (χ0n) is 9.50. The highest BCUT2D eigenvalue weighted by Gasteiger charge is 2.23. The van der Waals surface area contributed by atoms with Crippen molar-refractivity contribution in [3.05, 3.63) is 0 Å². The van der Waals surface area contributed by atoms with Gasteiger partial charge in [0.2, 0.25) is 0 Å². The molecule has 0 aromatic rings. The van der Waals surface area contributed by atoms with Crippen LogP contribution in [0.5, 0.6) is 0 Å². The summed E-state index contributed by atoms with van der Waals surface area (Å²) in [4.78, 5) is 0. The first-order chi connectivity index (χ1) is 7.36. The molecular weight excluding hydrogens is 192 g/mol. The van der Waals surface area contributed by atoms with Crippen molar-refractivity contribution in [3.8, 4) is 0 Å². The smallest absolute Gasteiger partial charge is 0.0824 e. The Hall–Kier alpha value is -0.160. The van der Waals surface area contributed by atoms with Gasteiger partial charge in [-0.05, 0) is 19.3 Å². The second-order valence-corrected chi connectivity index (χ2v) is 4.52. The van der Waals surface area contributed by atoms with Gasteiger partial charge in [0.1, 0.15) is 0 Å². The Labute approximate surface area is 91.7 Å². The molecule has 2 saturated heterocycles. The Kier molecular flexibility index (Phi) is 4.38. The zero-order chi connectivity index (χ0) is 10.5. The van der Waals surface area contributed by atoms with E-state index in [1.165, 1.54) is 6.42 Å². The number of morpholine rings is 1. The Morgan fingerprint density at radius 1 is 1.47 bits per heavy atom. The van der Waals surface area contributed by atoms with E-state index in [4.69, 9.17) is 9.47 Å². The van der Waals surface area contributed by atoms with E-state index < -0.39 is 0 Å². The van der Waals surface area contributed by atoms with Crippen LogP contribution in [0.4, 0.5) is 0 Å². The summed E-state index contributed by atoms with van der Waals surface area (Å²) in [6, 6.07) is 0.540. The lowest BCUT2D eigenvalue weighted by atomic mass is 10.0. The predicted octanol–water partition coefficient (Wildman–Crippen LogP) is -0.0106. The van der Waals surface area contributed by atoms with E-state index in [-0.39, 0.29) is 0 Å². The minimum Gasteiger partial charge on any atom is -0.381 e. The summed E-state index contributed by atoms with van der Waals surface area (Å²) in [6.45, 7) is 7.84. The standard InChI is InChI=1S/C11H22N2O2/c1-9(10-2-4-14-8-10)13-7-11-6-12-3-5-15-11/h9-13H,2-8H2,1H3. The van der Waals surface area contributed by atoms with Gasteiger partial charge in [-0.2, -0.15) is 0 Å². The first-order valence-electron chi connectivity index (χ1n) is 5.99. The number of nitrogens with one attached hydrogen (secondary N) is 2. The molecule has 0 saturated carbocycles. The third kappa shape index (κ3) is 3.41. The lowest BCUT2D eigenvalue weighted by molar-refractivity contribution is 0.0265. The van der Waals surface area contributed by atoms with Gasteiger partial charge in [-0.3, -0.25) is 0 Å². The van der Waals surface area contributed by atoms with Crippen molar-refractivity contribution in [3.63, 3.8) is 0 Å². The SMILES string of the molecule is CC(NCC1CNCCO1)C1CCOC1. The fourth-order valence-corrected chi connectivity index (χ4v) is 2.18.